The fraction of sp³-hybridized carbons (Fsp3) is 0.464. The molecule has 1 heterocycles. The highest BCUT2D eigenvalue weighted by atomic mass is 32.2. The molecule has 2 aliphatic rings. The van der Waals surface area contributed by atoms with E-state index in [9.17, 15) is 9.00 Å². The van der Waals surface area contributed by atoms with Crippen molar-refractivity contribution in [2.24, 2.45) is 11.8 Å². The Hall–Kier alpha value is -2.24. The normalized spacial score (nSPS) is 23.1. The number of likely N-dealkylation sites (tertiary alicyclic amines) is 1. The molecule has 0 radical (unpaired) electrons. The van der Waals surface area contributed by atoms with Crippen LogP contribution in [0.4, 0.5) is 0 Å². The summed E-state index contributed by atoms with van der Waals surface area (Å²) < 4.78 is 18.0. The molecule has 0 bridgehead atoms. The van der Waals surface area contributed by atoms with Gasteiger partial charge >= 0.3 is 5.97 Å². The van der Waals surface area contributed by atoms with E-state index in [2.05, 4.69) is 23.6 Å². The van der Waals surface area contributed by atoms with Gasteiger partial charge in [0.05, 0.1) is 23.3 Å². The van der Waals surface area contributed by atoms with Crippen molar-refractivity contribution >= 4 is 22.3 Å². The second kappa shape index (κ2) is 11.3. The maximum absolute atomic E-state index is 12.8. The number of carbonyl (C=O) groups is 1. The number of hydrogen-bond acceptors (Lipinski definition) is 4. The zero-order chi connectivity index (χ0) is 23.2. The van der Waals surface area contributed by atoms with Crippen molar-refractivity contribution in [1.82, 2.24) is 4.90 Å². The highest BCUT2D eigenvalue weighted by Gasteiger charge is 2.32. The van der Waals surface area contributed by atoms with E-state index in [1.165, 1.54) is 5.57 Å². The van der Waals surface area contributed by atoms with E-state index in [1.54, 1.807) is 0 Å². The summed E-state index contributed by atoms with van der Waals surface area (Å²) in [6.07, 6.45) is 6.33. The van der Waals surface area contributed by atoms with E-state index in [0.29, 0.717) is 18.6 Å². The number of rotatable bonds is 7. The summed E-state index contributed by atoms with van der Waals surface area (Å²) in [5.74, 6) is 0.574. The Morgan fingerprint density at radius 2 is 1.52 bits per heavy atom. The number of piperidine rings is 1. The fourth-order valence-corrected chi connectivity index (χ4v) is 6.32. The third-order valence-electron chi connectivity index (χ3n) is 7.25. The molecule has 0 amide bonds. The highest BCUT2D eigenvalue weighted by Crippen LogP contribution is 2.35. The summed E-state index contributed by atoms with van der Waals surface area (Å²) >= 11 is 0. The molecular weight excluding hydrogens is 430 g/mol. The fourth-order valence-electron chi connectivity index (χ4n) is 5.26. The number of esters is 1. The minimum Gasteiger partial charge on any atom is -0.466 e. The van der Waals surface area contributed by atoms with Gasteiger partial charge in [-0.2, -0.15) is 0 Å². The Labute approximate surface area is 200 Å². The maximum atomic E-state index is 12.8. The third-order valence-corrected chi connectivity index (χ3v) is 8.65. The van der Waals surface area contributed by atoms with Gasteiger partial charge in [-0.05, 0) is 99.9 Å². The number of ether oxygens (including phenoxy) is 1. The molecule has 4 nitrogen and oxygen atoms in total. The second-order valence-corrected chi connectivity index (χ2v) is 10.7. The van der Waals surface area contributed by atoms with Crippen molar-refractivity contribution in [2.45, 2.75) is 61.3 Å². The zero-order valence-electron chi connectivity index (χ0n) is 19.6. The topological polar surface area (TPSA) is 46.6 Å². The molecule has 5 heteroatoms. The summed E-state index contributed by atoms with van der Waals surface area (Å²) in [4.78, 5) is 16.3. The van der Waals surface area contributed by atoms with Crippen LogP contribution in [0.5, 0.6) is 0 Å². The van der Waals surface area contributed by atoms with Crippen LogP contribution in [0.2, 0.25) is 0 Å². The van der Waals surface area contributed by atoms with Crippen molar-refractivity contribution in [2.75, 3.05) is 19.7 Å². The molecule has 1 aliphatic heterocycles. The summed E-state index contributed by atoms with van der Waals surface area (Å²) in [6, 6.07) is 18.3. The second-order valence-electron chi connectivity index (χ2n) is 9.20. The van der Waals surface area contributed by atoms with Crippen LogP contribution in [0.25, 0.3) is 5.57 Å². The predicted molar refractivity (Wildman–Crippen MR) is 133 cm³/mol. The number of nitrogens with zero attached hydrogens (tertiary/aromatic N) is 1. The molecule has 0 N–H and O–H groups in total. The van der Waals surface area contributed by atoms with Gasteiger partial charge in [-0.3, -0.25) is 4.79 Å². The SMILES string of the molecule is C=C(c1ccc(S(=O)c2ccccc2)cc1)C1CCN(C2CCC(C(=O)OCC)CC2)CC1. The van der Waals surface area contributed by atoms with Gasteiger partial charge in [0.1, 0.15) is 0 Å². The van der Waals surface area contributed by atoms with Gasteiger partial charge in [-0.25, -0.2) is 4.21 Å². The van der Waals surface area contributed by atoms with Crippen LogP contribution in [-0.2, 0) is 20.3 Å². The van der Waals surface area contributed by atoms with Crippen LogP contribution in [0.1, 0.15) is 51.0 Å². The maximum Gasteiger partial charge on any atom is 0.308 e. The van der Waals surface area contributed by atoms with E-state index >= 15 is 0 Å². The van der Waals surface area contributed by atoms with Gasteiger partial charge in [-0.15, -0.1) is 0 Å². The summed E-state index contributed by atoms with van der Waals surface area (Å²) in [7, 11) is -1.15. The van der Waals surface area contributed by atoms with Crippen molar-refractivity contribution in [1.29, 1.82) is 0 Å². The smallest absolute Gasteiger partial charge is 0.308 e. The molecule has 4 rings (SSSR count). The molecule has 1 aliphatic carbocycles. The van der Waals surface area contributed by atoms with E-state index in [1.807, 2.05) is 49.4 Å². The molecule has 1 atom stereocenters. The van der Waals surface area contributed by atoms with E-state index < -0.39 is 10.8 Å². The van der Waals surface area contributed by atoms with Gasteiger partial charge in [-0.1, -0.05) is 36.9 Å². The molecule has 1 saturated heterocycles. The molecule has 0 spiro atoms. The average molecular weight is 466 g/mol. The quantitative estimate of drug-likeness (QED) is 0.492. The number of benzene rings is 2. The van der Waals surface area contributed by atoms with Crippen LogP contribution in [0.3, 0.4) is 0 Å². The van der Waals surface area contributed by atoms with Crippen LogP contribution in [0.15, 0.2) is 71.0 Å². The first-order valence-electron chi connectivity index (χ1n) is 12.2. The van der Waals surface area contributed by atoms with E-state index in [-0.39, 0.29) is 11.9 Å². The first-order chi connectivity index (χ1) is 16.1. The molecule has 2 fully saturated rings. The first kappa shape index (κ1) is 23.9. The minimum atomic E-state index is -1.15. The van der Waals surface area contributed by atoms with E-state index in [4.69, 9.17) is 4.74 Å². The van der Waals surface area contributed by atoms with Crippen molar-refractivity contribution in [3.8, 4) is 0 Å². The highest BCUT2D eigenvalue weighted by molar-refractivity contribution is 7.85. The Balaban J connectivity index is 1.27. The molecule has 2 aromatic rings. The lowest BCUT2D eigenvalue weighted by Gasteiger charge is -2.41. The van der Waals surface area contributed by atoms with Crippen molar-refractivity contribution < 1.29 is 13.7 Å². The Bertz CT molecular complexity index is 956. The summed E-state index contributed by atoms with van der Waals surface area (Å²) in [5, 5.41) is 0. The summed E-state index contributed by atoms with van der Waals surface area (Å²) in [5.41, 5.74) is 2.34. The van der Waals surface area contributed by atoms with Crippen LogP contribution in [0, 0.1) is 11.8 Å². The molecule has 2 aromatic carbocycles. The lowest BCUT2D eigenvalue weighted by Crippen LogP contribution is -2.44. The van der Waals surface area contributed by atoms with E-state index in [0.717, 1.165) is 67.0 Å². The van der Waals surface area contributed by atoms with Gasteiger partial charge in [0.25, 0.3) is 0 Å². The average Bonchev–Trinajstić information content (AvgIpc) is 2.89. The lowest BCUT2D eigenvalue weighted by atomic mass is 9.82. The molecule has 1 saturated carbocycles. The molecule has 176 valence electrons. The Morgan fingerprint density at radius 3 is 2.12 bits per heavy atom. The third kappa shape index (κ3) is 5.82. The molecule has 33 heavy (non-hydrogen) atoms. The van der Waals surface area contributed by atoms with Crippen LogP contribution >= 0.6 is 0 Å². The zero-order valence-corrected chi connectivity index (χ0v) is 20.4. The van der Waals surface area contributed by atoms with Crippen molar-refractivity contribution in [3.63, 3.8) is 0 Å². The first-order valence-corrected chi connectivity index (χ1v) is 13.4. The largest absolute Gasteiger partial charge is 0.466 e. The van der Waals surface area contributed by atoms with Crippen LogP contribution in [-0.4, -0.2) is 40.8 Å². The molecule has 0 aromatic heterocycles. The van der Waals surface area contributed by atoms with Gasteiger partial charge in [0.15, 0.2) is 0 Å². The van der Waals surface area contributed by atoms with Gasteiger partial charge in [0.2, 0.25) is 0 Å². The van der Waals surface area contributed by atoms with Crippen molar-refractivity contribution in [3.05, 3.63) is 66.7 Å². The minimum absolute atomic E-state index is 0.00965. The Morgan fingerprint density at radius 1 is 0.909 bits per heavy atom. The Kier molecular flexibility index (Phi) is 8.15. The van der Waals surface area contributed by atoms with Gasteiger partial charge in [0, 0.05) is 15.8 Å². The lowest BCUT2D eigenvalue weighted by molar-refractivity contribution is -0.149. The molecule has 1 unspecified atom stereocenters. The standard InChI is InChI=1S/C28H35NO3S/c1-3-32-28(30)24-9-13-25(14-10-24)29-19-17-23(18-20-29)21(2)22-11-15-27(16-12-22)33(31)26-7-5-4-6-8-26/h4-8,11-12,15-16,23-25H,2-3,9-10,13-14,17-20H2,1H3. The van der Waals surface area contributed by atoms with Crippen LogP contribution < -0.4 is 0 Å². The summed E-state index contributed by atoms with van der Waals surface area (Å²) in [6.45, 7) is 8.96. The molecular formula is C28H35NO3S. The predicted octanol–water partition coefficient (Wildman–Crippen LogP) is 5.70. The number of hydrogen-bond donors (Lipinski definition) is 0. The number of carbonyl (C=O) groups excluding carboxylic acids is 1. The monoisotopic (exact) mass is 465 g/mol. The number of allylic oxidation sites excluding steroid dienone is 1. The van der Waals surface area contributed by atoms with Gasteiger partial charge < -0.3 is 9.64 Å².